The van der Waals surface area contributed by atoms with E-state index >= 15 is 0 Å². The predicted molar refractivity (Wildman–Crippen MR) is 185 cm³/mol. The lowest BCUT2D eigenvalue weighted by Gasteiger charge is -2.46. The molecule has 0 unspecified atom stereocenters. The van der Waals surface area contributed by atoms with Crippen LogP contribution in [-0.4, -0.2) is 41.6 Å². The van der Waals surface area contributed by atoms with Gasteiger partial charge in [0.05, 0.1) is 18.8 Å². The Hall–Kier alpha value is -3.32. The molecule has 1 aliphatic rings. The first-order valence-corrected chi connectivity index (χ1v) is 19.4. The molecule has 1 saturated heterocycles. The Bertz CT molecular complexity index is 1450. The van der Waals surface area contributed by atoms with Crippen LogP contribution in [0.1, 0.15) is 48.0 Å². The van der Waals surface area contributed by atoms with Crippen molar-refractivity contribution in [2.24, 2.45) is 0 Å². The van der Waals surface area contributed by atoms with Crippen molar-refractivity contribution in [1.82, 2.24) is 0 Å². The number of hydrogen-bond donors (Lipinski definition) is 0. The Labute approximate surface area is 265 Å². The molecule has 4 aromatic rings. The summed E-state index contributed by atoms with van der Waals surface area (Å²) < 4.78 is 21.3. The van der Waals surface area contributed by atoms with Crippen molar-refractivity contribution in [1.29, 1.82) is 5.26 Å². The van der Waals surface area contributed by atoms with E-state index in [2.05, 4.69) is 169 Å². The second kappa shape index (κ2) is 13.0. The van der Waals surface area contributed by atoms with E-state index in [-0.39, 0.29) is 22.3 Å². The number of rotatable bonds is 9. The molecule has 0 saturated carbocycles. The summed E-state index contributed by atoms with van der Waals surface area (Å²) in [4.78, 5) is 0. The van der Waals surface area contributed by atoms with Gasteiger partial charge in [-0.05, 0) is 30.8 Å². The average Bonchev–Trinajstić information content (AvgIpc) is 3.42. The summed E-state index contributed by atoms with van der Waals surface area (Å²) in [6.07, 6.45) is -0.728. The van der Waals surface area contributed by atoms with E-state index in [9.17, 15) is 5.26 Å². The molecule has 228 valence electrons. The first-order chi connectivity index (χ1) is 21.0. The van der Waals surface area contributed by atoms with Gasteiger partial charge in [0.2, 0.25) is 0 Å². The SMILES string of the molecule is CC(C)(C)[Si](OC[C@H]1O[C@H](C#N)C[C@@H]1O[Si](c1ccccc1)(c1ccccc1)C(C)(C)C)(c1ccccc1)c1ccccc1. The van der Waals surface area contributed by atoms with Gasteiger partial charge >= 0.3 is 0 Å². The molecule has 0 bridgehead atoms. The lowest BCUT2D eigenvalue weighted by molar-refractivity contribution is -0.000226. The lowest BCUT2D eigenvalue weighted by atomic mass is 10.1. The molecule has 0 radical (unpaired) electrons. The summed E-state index contributed by atoms with van der Waals surface area (Å²) in [7, 11) is -5.68. The average molecular weight is 620 g/mol. The number of ether oxygens (including phenoxy) is 1. The zero-order chi connectivity index (χ0) is 31.4. The number of nitriles is 1. The van der Waals surface area contributed by atoms with Crippen molar-refractivity contribution in [2.45, 2.75) is 76.4 Å². The summed E-state index contributed by atoms with van der Waals surface area (Å²) in [6, 6.07) is 45.0. The molecule has 1 aliphatic heterocycles. The molecule has 4 nitrogen and oxygen atoms in total. The smallest absolute Gasteiger partial charge is 0.261 e. The van der Waals surface area contributed by atoms with Crippen LogP contribution in [0.3, 0.4) is 0 Å². The highest BCUT2D eigenvalue weighted by atomic mass is 28.4. The largest absolute Gasteiger partial charge is 0.405 e. The van der Waals surface area contributed by atoms with E-state index in [4.69, 9.17) is 13.6 Å². The molecule has 5 rings (SSSR count). The summed E-state index contributed by atoms with van der Waals surface area (Å²) in [5, 5.41) is 14.6. The minimum absolute atomic E-state index is 0.169. The highest BCUT2D eigenvalue weighted by Crippen LogP contribution is 2.41. The number of benzene rings is 4. The van der Waals surface area contributed by atoms with E-state index in [0.717, 1.165) is 0 Å². The van der Waals surface area contributed by atoms with Gasteiger partial charge in [-0.25, -0.2) is 0 Å². The third-order valence-electron chi connectivity index (χ3n) is 8.97. The van der Waals surface area contributed by atoms with Gasteiger partial charge in [0.1, 0.15) is 12.2 Å². The zero-order valence-electron chi connectivity index (χ0n) is 26.9. The first-order valence-electron chi connectivity index (χ1n) is 15.6. The van der Waals surface area contributed by atoms with Gasteiger partial charge in [0.25, 0.3) is 16.6 Å². The van der Waals surface area contributed by atoms with Crippen molar-refractivity contribution < 1.29 is 13.6 Å². The Kier molecular flexibility index (Phi) is 9.45. The van der Waals surface area contributed by atoms with E-state index < -0.39 is 22.7 Å². The van der Waals surface area contributed by atoms with Crippen molar-refractivity contribution in [3.8, 4) is 6.07 Å². The van der Waals surface area contributed by atoms with E-state index in [1.165, 1.54) is 20.7 Å². The maximum Gasteiger partial charge on any atom is 0.261 e. The molecule has 44 heavy (non-hydrogen) atoms. The summed E-state index contributed by atoms with van der Waals surface area (Å²) in [6.45, 7) is 14.0. The fraction of sp³-hybridized carbons (Fsp3) is 0.342. The first kappa shape index (κ1) is 32.1. The number of nitrogens with zero attached hydrogens (tertiary/aromatic N) is 1. The van der Waals surface area contributed by atoms with E-state index in [1.807, 2.05) is 0 Å². The molecule has 0 aromatic heterocycles. The molecule has 1 fully saturated rings. The van der Waals surface area contributed by atoms with Gasteiger partial charge in [-0.2, -0.15) is 5.26 Å². The van der Waals surface area contributed by atoms with Crippen LogP contribution in [0.5, 0.6) is 0 Å². The van der Waals surface area contributed by atoms with E-state index in [1.54, 1.807) is 0 Å². The fourth-order valence-electron chi connectivity index (χ4n) is 6.96. The minimum Gasteiger partial charge on any atom is -0.405 e. The van der Waals surface area contributed by atoms with Gasteiger partial charge in [-0.3, -0.25) is 0 Å². The van der Waals surface area contributed by atoms with Crippen LogP contribution in [0, 0.1) is 11.3 Å². The Morgan fingerprint density at radius 1 is 0.636 bits per heavy atom. The Morgan fingerprint density at radius 3 is 1.34 bits per heavy atom. The maximum atomic E-state index is 10.1. The number of hydrogen-bond acceptors (Lipinski definition) is 4. The highest BCUT2D eigenvalue weighted by molar-refractivity contribution is 7.00. The van der Waals surface area contributed by atoms with Gasteiger partial charge in [0.15, 0.2) is 0 Å². The molecule has 0 amide bonds. The quantitative estimate of drug-likeness (QED) is 0.210. The normalized spacial score (nSPS) is 19.4. The Balaban J connectivity index is 1.58. The van der Waals surface area contributed by atoms with Crippen LogP contribution >= 0.6 is 0 Å². The molecular formula is C38H45NO3Si2. The van der Waals surface area contributed by atoms with E-state index in [0.29, 0.717) is 13.0 Å². The van der Waals surface area contributed by atoms with Gasteiger partial charge in [-0.1, -0.05) is 163 Å². The minimum atomic E-state index is -2.87. The molecule has 1 heterocycles. The molecule has 0 N–H and O–H groups in total. The second-order valence-corrected chi connectivity index (χ2v) is 22.4. The molecular weight excluding hydrogens is 575 g/mol. The summed E-state index contributed by atoms with van der Waals surface area (Å²) >= 11 is 0. The van der Waals surface area contributed by atoms with Crippen LogP contribution in [0.2, 0.25) is 10.1 Å². The third-order valence-corrected chi connectivity index (χ3v) is 19.0. The van der Waals surface area contributed by atoms with Crippen molar-refractivity contribution >= 4 is 37.4 Å². The van der Waals surface area contributed by atoms with Crippen LogP contribution in [0.25, 0.3) is 0 Å². The van der Waals surface area contributed by atoms with Gasteiger partial charge < -0.3 is 13.6 Å². The molecule has 0 aliphatic carbocycles. The second-order valence-electron chi connectivity index (χ2n) is 13.8. The standard InChI is InChI=1S/C38H45NO3Si2/c1-37(2,3)43(31-19-11-7-12-20-31,32-21-13-8-14-22-32)40-29-36-35(27-30(28-39)41-36)42-44(38(4,5)6,33-23-15-9-16-24-33)34-25-17-10-18-26-34/h7-26,30,35-36H,27,29H2,1-6H3/t30-,35-,36+/m0/s1. The highest BCUT2D eigenvalue weighted by Gasteiger charge is 2.55. The van der Waals surface area contributed by atoms with Crippen LogP contribution in [0.15, 0.2) is 121 Å². The van der Waals surface area contributed by atoms with Gasteiger partial charge in [-0.15, -0.1) is 0 Å². The molecule has 3 atom stereocenters. The van der Waals surface area contributed by atoms with Crippen LogP contribution in [-0.2, 0) is 13.6 Å². The molecule has 4 aromatic carbocycles. The maximum absolute atomic E-state index is 10.1. The topological polar surface area (TPSA) is 51.5 Å². The Morgan fingerprint density at radius 2 is 1.00 bits per heavy atom. The monoisotopic (exact) mass is 619 g/mol. The molecule has 6 heteroatoms. The third kappa shape index (κ3) is 6.00. The van der Waals surface area contributed by atoms with Crippen molar-refractivity contribution in [2.75, 3.05) is 6.61 Å². The van der Waals surface area contributed by atoms with Crippen molar-refractivity contribution in [3.05, 3.63) is 121 Å². The molecule has 0 spiro atoms. The predicted octanol–water partition coefficient (Wildman–Crippen LogP) is 6.19. The summed E-state index contributed by atoms with van der Waals surface area (Å²) in [5.41, 5.74) is 0. The van der Waals surface area contributed by atoms with Crippen LogP contribution < -0.4 is 20.7 Å². The lowest BCUT2D eigenvalue weighted by Crippen LogP contribution is -2.69. The van der Waals surface area contributed by atoms with Gasteiger partial charge in [0, 0.05) is 6.42 Å². The zero-order valence-corrected chi connectivity index (χ0v) is 28.9. The van der Waals surface area contributed by atoms with Crippen LogP contribution in [0.4, 0.5) is 0 Å². The summed E-state index contributed by atoms with van der Waals surface area (Å²) in [5.74, 6) is 0. The van der Waals surface area contributed by atoms with Crippen molar-refractivity contribution in [3.63, 3.8) is 0 Å². The fourth-order valence-corrected chi connectivity index (χ4v) is 16.2.